The number of nitrogens with zero attached hydrogens (tertiary/aromatic N) is 1. The number of aliphatic carboxylic acids is 1. The van der Waals surface area contributed by atoms with Crippen molar-refractivity contribution >= 4 is 48.1 Å². The van der Waals surface area contributed by atoms with E-state index in [0.29, 0.717) is 37.8 Å². The molecule has 5 atom stereocenters. The predicted molar refractivity (Wildman–Crippen MR) is 165 cm³/mol. The summed E-state index contributed by atoms with van der Waals surface area (Å²) >= 11 is 3.93. The highest BCUT2D eigenvalue weighted by Gasteiger charge is 2.36. The van der Waals surface area contributed by atoms with E-state index in [1.165, 1.54) is 17.0 Å². The smallest absolute Gasteiger partial charge is 0.327 e. The van der Waals surface area contributed by atoms with Crippen LogP contribution in [0.5, 0.6) is 5.75 Å². The van der Waals surface area contributed by atoms with Crippen LogP contribution in [0.25, 0.3) is 0 Å². The maximum Gasteiger partial charge on any atom is 0.327 e. The number of likely N-dealkylation sites (tertiary alicyclic amines) is 1. The highest BCUT2D eigenvalue weighted by Crippen LogP contribution is 2.18. The minimum Gasteiger partial charge on any atom is -0.508 e. The number of rotatable bonds is 18. The Kier molecular flexibility index (Phi) is 15.5. The fourth-order valence-corrected chi connectivity index (χ4v) is 4.90. The lowest BCUT2D eigenvalue weighted by atomic mass is 10.0. The number of hydrogen-bond acceptors (Lipinski definition) is 11. The molecule has 1 aliphatic heterocycles. The monoisotopic (exact) mass is 653 g/mol. The zero-order valence-electron chi connectivity index (χ0n) is 24.8. The van der Waals surface area contributed by atoms with E-state index in [1.54, 1.807) is 12.1 Å². The Labute approximate surface area is 266 Å². The number of phenols is 1. The van der Waals surface area contributed by atoms with Crippen molar-refractivity contribution < 1.29 is 44.1 Å². The number of hydrogen-bond donors (Lipinski definition) is 10. The van der Waals surface area contributed by atoms with E-state index in [9.17, 15) is 44.1 Å². The molecule has 1 heterocycles. The Hall–Kier alpha value is -3.93. The lowest BCUT2D eigenvalue weighted by Gasteiger charge is -2.26. The summed E-state index contributed by atoms with van der Waals surface area (Å²) in [5.41, 5.74) is 11.7. The molecular weight excluding hydrogens is 610 g/mol. The van der Waals surface area contributed by atoms with Crippen LogP contribution in [-0.4, -0.2) is 118 Å². The van der Waals surface area contributed by atoms with Gasteiger partial charge in [0.15, 0.2) is 0 Å². The highest BCUT2D eigenvalue weighted by molar-refractivity contribution is 7.80. The first-order chi connectivity index (χ1) is 21.4. The number of nitrogens with one attached hydrogen (secondary N) is 4. The van der Waals surface area contributed by atoms with Gasteiger partial charge in [-0.2, -0.15) is 12.6 Å². The second kappa shape index (κ2) is 18.8. The molecule has 0 spiro atoms. The second-order valence-corrected chi connectivity index (χ2v) is 11.0. The molecule has 0 saturated carbocycles. The first kappa shape index (κ1) is 37.3. The van der Waals surface area contributed by atoms with Gasteiger partial charge in [0.2, 0.25) is 29.5 Å². The molecule has 0 unspecified atom stereocenters. The van der Waals surface area contributed by atoms with Crippen molar-refractivity contribution in [2.75, 3.05) is 32.0 Å². The number of benzene rings is 1. The molecule has 1 aliphatic rings. The number of phenolic OH excluding ortho intramolecular Hbond substituents is 1. The molecule has 0 aromatic heterocycles. The first-order valence-corrected chi connectivity index (χ1v) is 15.2. The van der Waals surface area contributed by atoms with Gasteiger partial charge in [0, 0.05) is 18.7 Å². The van der Waals surface area contributed by atoms with Crippen LogP contribution in [-0.2, 0) is 35.2 Å². The number of nitrogens with two attached hydrogens (primary N) is 2. The van der Waals surface area contributed by atoms with E-state index in [-0.39, 0.29) is 30.9 Å². The number of thiol groups is 1. The summed E-state index contributed by atoms with van der Waals surface area (Å²) in [7, 11) is 0. The number of aromatic hydroxyl groups is 1. The number of carboxylic acid groups (broad SMARTS) is 1. The number of aliphatic hydroxyl groups is 1. The first-order valence-electron chi connectivity index (χ1n) is 14.6. The summed E-state index contributed by atoms with van der Waals surface area (Å²) in [4.78, 5) is 77.3. The molecule has 45 heavy (non-hydrogen) atoms. The summed E-state index contributed by atoms with van der Waals surface area (Å²) < 4.78 is 0. The molecule has 0 bridgehead atoms. The van der Waals surface area contributed by atoms with Gasteiger partial charge in [-0.25, -0.2) is 4.79 Å². The Morgan fingerprint density at radius 1 is 0.956 bits per heavy atom. The van der Waals surface area contributed by atoms with Crippen molar-refractivity contribution in [3.05, 3.63) is 29.8 Å². The van der Waals surface area contributed by atoms with Gasteiger partial charge in [0.25, 0.3) is 0 Å². The van der Waals surface area contributed by atoms with Gasteiger partial charge in [-0.15, -0.1) is 0 Å². The van der Waals surface area contributed by atoms with Gasteiger partial charge in [-0.1, -0.05) is 12.1 Å². The van der Waals surface area contributed by atoms with Crippen molar-refractivity contribution in [1.82, 2.24) is 26.2 Å². The van der Waals surface area contributed by atoms with Crippen molar-refractivity contribution in [3.63, 3.8) is 0 Å². The molecule has 5 amide bonds. The van der Waals surface area contributed by atoms with Crippen LogP contribution in [0.3, 0.4) is 0 Å². The van der Waals surface area contributed by atoms with Crippen LogP contribution < -0.4 is 32.7 Å². The summed E-state index contributed by atoms with van der Waals surface area (Å²) in [6, 6.07) is 0.172. The molecule has 0 aliphatic carbocycles. The lowest BCUT2D eigenvalue weighted by molar-refractivity contribution is -0.143. The average Bonchev–Trinajstić information content (AvgIpc) is 3.52. The molecule has 1 saturated heterocycles. The lowest BCUT2D eigenvalue weighted by Crippen LogP contribution is -2.57. The minimum absolute atomic E-state index is 0.00876. The van der Waals surface area contributed by atoms with Crippen LogP contribution in [0.1, 0.15) is 37.7 Å². The maximum atomic E-state index is 13.3. The molecule has 0 radical (unpaired) electrons. The molecule has 1 aromatic rings. The minimum atomic E-state index is -1.26. The molecule has 11 N–H and O–H groups in total. The third-order valence-corrected chi connectivity index (χ3v) is 7.57. The van der Waals surface area contributed by atoms with Crippen molar-refractivity contribution in [1.29, 1.82) is 0 Å². The van der Waals surface area contributed by atoms with Gasteiger partial charge >= 0.3 is 5.97 Å². The van der Waals surface area contributed by atoms with Gasteiger partial charge in [0.05, 0.1) is 13.2 Å². The van der Waals surface area contributed by atoms with Crippen molar-refractivity contribution in [2.45, 2.75) is 68.7 Å². The summed E-state index contributed by atoms with van der Waals surface area (Å²) in [5, 5.41) is 38.0. The molecule has 17 heteroatoms. The van der Waals surface area contributed by atoms with E-state index in [1.807, 2.05) is 0 Å². The number of carboxylic acids is 1. The topological polar surface area (TPSA) is 267 Å². The third kappa shape index (κ3) is 11.8. The van der Waals surface area contributed by atoms with Gasteiger partial charge in [-0.3, -0.25) is 24.0 Å². The molecular formula is C28H43N7O9S. The Bertz CT molecular complexity index is 1190. The average molecular weight is 654 g/mol. The van der Waals surface area contributed by atoms with Crippen LogP contribution in [0.4, 0.5) is 0 Å². The third-order valence-electron chi connectivity index (χ3n) is 7.21. The van der Waals surface area contributed by atoms with E-state index in [0.717, 1.165) is 0 Å². The van der Waals surface area contributed by atoms with Gasteiger partial charge in [0.1, 0.15) is 36.0 Å². The molecule has 1 fully saturated rings. The SMILES string of the molecule is NCCCC[C@H](NC(=O)[C@@H](N)CO)C(=O)N[C@@H](Cc1ccc(O)cc1)C(=O)NCC(=O)N1CCC[C@H]1C(=O)N[C@@H](CS)C(=O)O. The maximum absolute atomic E-state index is 13.3. The fraction of sp³-hybridized carbons (Fsp3) is 0.571. The predicted octanol–water partition coefficient (Wildman–Crippen LogP) is -3.04. The largest absolute Gasteiger partial charge is 0.508 e. The van der Waals surface area contributed by atoms with E-state index in [2.05, 4.69) is 33.9 Å². The Morgan fingerprint density at radius 2 is 1.62 bits per heavy atom. The number of amides is 5. The van der Waals surface area contributed by atoms with Gasteiger partial charge in [-0.05, 0) is 56.3 Å². The number of carbonyl (C=O) groups excluding carboxylic acids is 5. The van der Waals surface area contributed by atoms with Crippen LogP contribution in [0.15, 0.2) is 24.3 Å². The normalized spacial score (nSPS) is 17.0. The quantitative estimate of drug-likeness (QED) is 0.0562. The summed E-state index contributed by atoms with van der Waals surface area (Å²) in [6.07, 6.45) is 1.97. The van der Waals surface area contributed by atoms with Crippen LogP contribution in [0, 0.1) is 0 Å². The van der Waals surface area contributed by atoms with Gasteiger partial charge < -0.3 is 53.0 Å². The van der Waals surface area contributed by atoms with E-state index >= 15 is 0 Å². The number of aliphatic hydroxyl groups excluding tert-OH is 1. The molecule has 1 aromatic carbocycles. The van der Waals surface area contributed by atoms with E-state index < -0.39 is 78.9 Å². The van der Waals surface area contributed by atoms with Crippen molar-refractivity contribution in [2.24, 2.45) is 11.5 Å². The number of carbonyl (C=O) groups is 6. The molecule has 250 valence electrons. The zero-order valence-corrected chi connectivity index (χ0v) is 25.7. The Balaban J connectivity index is 2.16. The van der Waals surface area contributed by atoms with E-state index in [4.69, 9.17) is 11.5 Å². The second-order valence-electron chi connectivity index (χ2n) is 10.6. The van der Waals surface area contributed by atoms with Crippen LogP contribution in [0.2, 0.25) is 0 Å². The highest BCUT2D eigenvalue weighted by atomic mass is 32.1. The summed E-state index contributed by atoms with van der Waals surface area (Å²) in [6.45, 7) is -0.578. The van der Waals surface area contributed by atoms with Crippen LogP contribution >= 0.6 is 12.6 Å². The standard InChI is InChI=1S/C28H43N7O9S/c29-10-2-1-4-19(32-24(39)18(30)14-36)26(41)33-20(12-16-6-8-17(37)9-7-16)25(40)31-13-23(38)35-11-3-5-22(35)27(42)34-21(15-45)28(43)44/h6-9,18-22,36-37,45H,1-5,10-15,29-30H2,(H,31,40)(H,32,39)(H,33,41)(H,34,42)(H,43,44)/t18-,19-,20-,21-,22-/m0/s1. The number of unbranched alkanes of at least 4 members (excludes halogenated alkanes) is 1. The Morgan fingerprint density at radius 3 is 2.22 bits per heavy atom. The molecule has 2 rings (SSSR count). The zero-order chi connectivity index (χ0) is 33.5. The molecule has 16 nitrogen and oxygen atoms in total. The fourth-order valence-electron chi connectivity index (χ4n) is 4.65. The summed E-state index contributed by atoms with van der Waals surface area (Å²) in [5.74, 6) is -4.84. The van der Waals surface area contributed by atoms with Crippen molar-refractivity contribution in [3.8, 4) is 5.75 Å².